The molecule has 0 radical (unpaired) electrons. The van der Waals surface area contributed by atoms with Gasteiger partial charge >= 0.3 is 0 Å². The normalized spacial score (nSPS) is 18.2. The van der Waals surface area contributed by atoms with Gasteiger partial charge in [-0.1, -0.05) is 42.3 Å². The number of nitrogens with zero attached hydrogens (tertiary/aromatic N) is 3. The van der Waals surface area contributed by atoms with Crippen LogP contribution in [0.3, 0.4) is 0 Å². The summed E-state index contributed by atoms with van der Waals surface area (Å²) < 4.78 is 25.3. The third-order valence-corrected chi connectivity index (χ3v) is 7.55. The van der Waals surface area contributed by atoms with E-state index in [1.807, 2.05) is 38.1 Å². The maximum atomic E-state index is 12.8. The summed E-state index contributed by atoms with van der Waals surface area (Å²) in [5.74, 6) is -0.0391. The molecular weight excluding hydrogens is 445 g/mol. The highest BCUT2D eigenvalue weighted by atomic mass is 35.5. The van der Waals surface area contributed by atoms with Crippen LogP contribution >= 0.6 is 23.2 Å². The second-order valence-electron chi connectivity index (χ2n) is 7.50. The van der Waals surface area contributed by atoms with Gasteiger partial charge < -0.3 is 4.90 Å². The third kappa shape index (κ3) is 5.45. The van der Waals surface area contributed by atoms with Crippen LogP contribution in [0, 0.1) is 6.92 Å². The number of benzene rings is 1. The highest BCUT2D eigenvalue weighted by Crippen LogP contribution is 2.24. The molecule has 0 saturated carbocycles. The Morgan fingerprint density at radius 3 is 2.60 bits per heavy atom. The van der Waals surface area contributed by atoms with Crippen molar-refractivity contribution < 1.29 is 13.2 Å². The fourth-order valence-electron chi connectivity index (χ4n) is 3.61. The summed E-state index contributed by atoms with van der Waals surface area (Å²) in [6.07, 6.45) is 4.37. The molecule has 1 atom stereocenters. The molecule has 2 heterocycles. The second-order valence-corrected chi connectivity index (χ2v) is 10.5. The Hall–Kier alpha value is -1.83. The molecule has 6 nitrogen and oxygen atoms in total. The lowest BCUT2D eigenvalue weighted by atomic mass is 10.2. The average molecular weight is 470 g/mol. The standard InChI is InChI=1S/C21H25Cl2N3O3S/c1-3-11-25(18-10-12-30(28,29)14-18)20(27)9-8-19-15(2)24-26(21(19)23)13-16-4-6-17(22)7-5-16/h4-9,18H,3,10-14H2,1-2H3/b9-8+. The van der Waals surface area contributed by atoms with Crippen LogP contribution < -0.4 is 0 Å². The minimum atomic E-state index is -3.06. The van der Waals surface area contributed by atoms with Crippen molar-refractivity contribution in [1.82, 2.24) is 14.7 Å². The van der Waals surface area contributed by atoms with Crippen molar-refractivity contribution in [3.05, 3.63) is 57.3 Å². The van der Waals surface area contributed by atoms with Gasteiger partial charge in [0, 0.05) is 29.2 Å². The predicted octanol–water partition coefficient (Wildman–Crippen LogP) is 3.99. The molecule has 30 heavy (non-hydrogen) atoms. The Kier molecular flexibility index (Phi) is 7.26. The largest absolute Gasteiger partial charge is 0.335 e. The molecule has 1 saturated heterocycles. The van der Waals surface area contributed by atoms with Crippen LogP contribution in [-0.2, 0) is 21.2 Å². The predicted molar refractivity (Wildman–Crippen MR) is 121 cm³/mol. The van der Waals surface area contributed by atoms with E-state index in [1.165, 1.54) is 6.08 Å². The molecule has 0 spiro atoms. The number of hydrogen-bond acceptors (Lipinski definition) is 4. The Bertz CT molecular complexity index is 1050. The molecule has 0 bridgehead atoms. The van der Waals surface area contributed by atoms with Crippen molar-refractivity contribution in [1.29, 1.82) is 0 Å². The van der Waals surface area contributed by atoms with Gasteiger partial charge in [-0.3, -0.25) is 4.79 Å². The van der Waals surface area contributed by atoms with Crippen LogP contribution in [0.1, 0.15) is 36.6 Å². The van der Waals surface area contributed by atoms with Gasteiger partial charge in [-0.15, -0.1) is 0 Å². The minimum absolute atomic E-state index is 0.0331. The van der Waals surface area contributed by atoms with Gasteiger partial charge in [0.25, 0.3) is 0 Å². The summed E-state index contributed by atoms with van der Waals surface area (Å²) in [5.41, 5.74) is 2.39. The van der Waals surface area contributed by atoms with Crippen LogP contribution in [0.25, 0.3) is 6.08 Å². The maximum Gasteiger partial charge on any atom is 0.246 e. The first kappa shape index (κ1) is 22.8. The lowest BCUT2D eigenvalue weighted by molar-refractivity contribution is -0.127. The number of halogens is 2. The van der Waals surface area contributed by atoms with Crippen LogP contribution in [0.4, 0.5) is 0 Å². The number of aryl methyl sites for hydroxylation is 1. The number of hydrogen-bond donors (Lipinski definition) is 0. The smallest absolute Gasteiger partial charge is 0.246 e. The van der Waals surface area contributed by atoms with E-state index in [4.69, 9.17) is 23.2 Å². The number of aromatic nitrogens is 2. The summed E-state index contributed by atoms with van der Waals surface area (Å²) in [6.45, 7) is 4.81. The van der Waals surface area contributed by atoms with Crippen LogP contribution in [0.15, 0.2) is 30.3 Å². The average Bonchev–Trinajstić information content (AvgIpc) is 3.18. The number of rotatable bonds is 7. The molecule has 162 valence electrons. The number of amides is 1. The lowest BCUT2D eigenvalue weighted by Crippen LogP contribution is -2.40. The molecule has 0 N–H and O–H groups in total. The molecule has 1 amide bonds. The van der Waals surface area contributed by atoms with Gasteiger partial charge in [0.05, 0.1) is 23.7 Å². The van der Waals surface area contributed by atoms with Crippen LogP contribution in [-0.4, -0.2) is 53.1 Å². The fraction of sp³-hybridized carbons (Fsp3) is 0.429. The molecule has 2 aromatic rings. The molecule has 1 unspecified atom stereocenters. The van der Waals surface area contributed by atoms with Gasteiger partial charge in [0.15, 0.2) is 9.84 Å². The van der Waals surface area contributed by atoms with Crippen molar-refractivity contribution in [2.45, 2.75) is 39.3 Å². The maximum absolute atomic E-state index is 12.8. The zero-order valence-corrected chi connectivity index (χ0v) is 19.3. The van der Waals surface area contributed by atoms with E-state index >= 15 is 0 Å². The first-order valence-corrected chi connectivity index (χ1v) is 12.4. The van der Waals surface area contributed by atoms with E-state index in [2.05, 4.69) is 5.10 Å². The van der Waals surface area contributed by atoms with E-state index in [0.717, 1.165) is 12.0 Å². The molecule has 0 aliphatic carbocycles. The Morgan fingerprint density at radius 2 is 2.00 bits per heavy atom. The van der Waals surface area contributed by atoms with E-state index < -0.39 is 9.84 Å². The quantitative estimate of drug-likeness (QED) is 0.574. The molecule has 3 rings (SSSR count). The van der Waals surface area contributed by atoms with Gasteiger partial charge in [0.1, 0.15) is 5.15 Å². The van der Waals surface area contributed by atoms with Crippen LogP contribution in [0.2, 0.25) is 10.2 Å². The number of carbonyl (C=O) groups is 1. The van der Waals surface area contributed by atoms with E-state index in [0.29, 0.717) is 40.9 Å². The van der Waals surface area contributed by atoms with E-state index in [9.17, 15) is 13.2 Å². The third-order valence-electron chi connectivity index (χ3n) is 5.14. The Balaban J connectivity index is 1.76. The van der Waals surface area contributed by atoms with Crippen molar-refractivity contribution in [3.8, 4) is 0 Å². The Morgan fingerprint density at radius 1 is 1.30 bits per heavy atom. The summed E-state index contributed by atoms with van der Waals surface area (Å²) >= 11 is 12.4. The van der Waals surface area contributed by atoms with E-state index in [-0.39, 0.29) is 23.5 Å². The zero-order chi connectivity index (χ0) is 21.9. The van der Waals surface area contributed by atoms with Gasteiger partial charge in [0.2, 0.25) is 5.91 Å². The molecule has 1 aliphatic rings. The number of carbonyl (C=O) groups excluding carboxylic acids is 1. The molecule has 9 heteroatoms. The van der Waals surface area contributed by atoms with Gasteiger partial charge in [-0.05, 0) is 43.5 Å². The highest BCUT2D eigenvalue weighted by molar-refractivity contribution is 7.91. The van der Waals surface area contributed by atoms with Gasteiger partial charge in [-0.2, -0.15) is 5.10 Å². The zero-order valence-electron chi connectivity index (χ0n) is 17.0. The molecule has 1 aromatic heterocycles. The van der Waals surface area contributed by atoms with E-state index in [1.54, 1.807) is 15.7 Å². The SMILES string of the molecule is CCCN(C(=O)/C=C/c1c(C)nn(Cc2ccc(Cl)cc2)c1Cl)C1CCS(=O)(=O)C1. The van der Waals surface area contributed by atoms with Crippen molar-refractivity contribution >= 4 is 45.0 Å². The first-order valence-electron chi connectivity index (χ1n) is 9.86. The second kappa shape index (κ2) is 9.54. The Labute approximate surface area is 187 Å². The van der Waals surface area contributed by atoms with Crippen molar-refractivity contribution in [2.24, 2.45) is 0 Å². The molecular formula is C21H25Cl2N3O3S. The topological polar surface area (TPSA) is 72.3 Å². The lowest BCUT2D eigenvalue weighted by Gasteiger charge is -2.26. The summed E-state index contributed by atoms with van der Waals surface area (Å²) in [7, 11) is -3.06. The highest BCUT2D eigenvalue weighted by Gasteiger charge is 2.33. The summed E-state index contributed by atoms with van der Waals surface area (Å²) in [6, 6.07) is 7.18. The monoisotopic (exact) mass is 469 g/mol. The summed E-state index contributed by atoms with van der Waals surface area (Å²) in [5, 5.41) is 5.58. The minimum Gasteiger partial charge on any atom is -0.335 e. The molecule has 1 fully saturated rings. The molecule has 1 aliphatic heterocycles. The fourth-order valence-corrected chi connectivity index (χ4v) is 5.76. The first-order chi connectivity index (χ1) is 14.2. The van der Waals surface area contributed by atoms with Crippen LogP contribution in [0.5, 0.6) is 0 Å². The molecule has 1 aromatic carbocycles. The summed E-state index contributed by atoms with van der Waals surface area (Å²) in [4.78, 5) is 14.5. The van der Waals surface area contributed by atoms with Gasteiger partial charge in [-0.25, -0.2) is 13.1 Å². The van der Waals surface area contributed by atoms with Crippen molar-refractivity contribution in [2.75, 3.05) is 18.1 Å². The van der Waals surface area contributed by atoms with Crippen molar-refractivity contribution in [3.63, 3.8) is 0 Å². The number of sulfone groups is 1.